The number of aromatic nitrogens is 1. The molecule has 2 amide bonds. The van der Waals surface area contributed by atoms with Gasteiger partial charge in [0.15, 0.2) is 0 Å². The molecular formula is C18H25N3O3. The fourth-order valence-electron chi connectivity index (χ4n) is 3.60. The molecule has 0 aliphatic carbocycles. The maximum Gasteiger partial charge on any atom is 0.222 e. The number of carbonyl (C=O) groups is 2. The molecule has 3 heterocycles. The monoisotopic (exact) mass is 331 g/mol. The number of hydrogen-bond acceptors (Lipinski definition) is 4. The van der Waals surface area contributed by atoms with Crippen LogP contribution in [0.1, 0.15) is 31.2 Å². The zero-order chi connectivity index (χ0) is 16.9. The second kappa shape index (κ2) is 7.75. The van der Waals surface area contributed by atoms with E-state index in [1.54, 1.807) is 17.3 Å². The van der Waals surface area contributed by atoms with Crippen molar-refractivity contribution < 1.29 is 14.7 Å². The highest BCUT2D eigenvalue weighted by Gasteiger charge is 2.33. The van der Waals surface area contributed by atoms with Crippen molar-refractivity contribution in [2.45, 2.75) is 38.2 Å². The quantitative estimate of drug-likeness (QED) is 0.838. The minimum absolute atomic E-state index is 0.0801. The van der Waals surface area contributed by atoms with Crippen LogP contribution in [0.25, 0.3) is 0 Å². The van der Waals surface area contributed by atoms with Gasteiger partial charge in [-0.15, -0.1) is 0 Å². The number of likely N-dealkylation sites (tertiary alicyclic amines) is 2. The third kappa shape index (κ3) is 4.12. The van der Waals surface area contributed by atoms with Crippen LogP contribution in [0, 0.1) is 5.92 Å². The van der Waals surface area contributed by atoms with Crippen LogP contribution in [-0.2, 0) is 16.0 Å². The molecule has 0 saturated carbocycles. The molecule has 2 aliphatic heterocycles. The summed E-state index contributed by atoms with van der Waals surface area (Å²) < 4.78 is 0. The van der Waals surface area contributed by atoms with E-state index in [-0.39, 0.29) is 17.7 Å². The lowest BCUT2D eigenvalue weighted by molar-refractivity contribution is -0.132. The minimum atomic E-state index is -0.470. The van der Waals surface area contributed by atoms with Crippen LogP contribution in [0.15, 0.2) is 24.5 Å². The van der Waals surface area contributed by atoms with Crippen molar-refractivity contribution in [2.75, 3.05) is 26.2 Å². The molecule has 0 aromatic carbocycles. The van der Waals surface area contributed by atoms with Crippen LogP contribution in [0.5, 0.6) is 0 Å². The fourth-order valence-corrected chi connectivity index (χ4v) is 3.60. The normalized spacial score (nSPS) is 24.0. The van der Waals surface area contributed by atoms with Gasteiger partial charge < -0.3 is 14.9 Å². The summed E-state index contributed by atoms with van der Waals surface area (Å²) in [5, 5.41) is 10.2. The summed E-state index contributed by atoms with van der Waals surface area (Å²) in [6, 6.07) is 3.90. The third-order valence-corrected chi connectivity index (χ3v) is 5.00. The van der Waals surface area contributed by atoms with Gasteiger partial charge in [-0.3, -0.25) is 14.6 Å². The van der Waals surface area contributed by atoms with Gasteiger partial charge in [0.25, 0.3) is 0 Å². The van der Waals surface area contributed by atoms with E-state index in [0.717, 1.165) is 24.9 Å². The molecule has 3 rings (SSSR count). The largest absolute Gasteiger partial charge is 0.391 e. The number of β-amino-alcohol motifs (C(OH)–C–C–N with tert-alkyl or cyclic N) is 1. The summed E-state index contributed by atoms with van der Waals surface area (Å²) in [4.78, 5) is 31.5. The van der Waals surface area contributed by atoms with Gasteiger partial charge in [-0.05, 0) is 37.0 Å². The van der Waals surface area contributed by atoms with Crippen LogP contribution >= 0.6 is 0 Å². The summed E-state index contributed by atoms with van der Waals surface area (Å²) in [6.07, 6.45) is 6.51. The van der Waals surface area contributed by atoms with Crippen molar-refractivity contribution in [1.29, 1.82) is 0 Å². The molecule has 130 valence electrons. The Labute approximate surface area is 142 Å². The fraction of sp³-hybridized carbons (Fsp3) is 0.611. The summed E-state index contributed by atoms with van der Waals surface area (Å²) >= 11 is 0. The highest BCUT2D eigenvalue weighted by Crippen LogP contribution is 2.22. The standard InChI is InChI=1S/C18H25N3O3/c22-16-13-21(12-15(16)11-14-5-7-19-8-6-14)18(24)4-2-10-20-9-1-3-17(20)23/h5-8,15-16,22H,1-4,9-13H2/t15-,16+/m1/s1. The second-order valence-electron chi connectivity index (χ2n) is 6.77. The van der Waals surface area contributed by atoms with E-state index in [1.807, 2.05) is 17.0 Å². The SMILES string of the molecule is O=C1CCCN1CCCC(=O)N1C[C@@H](Cc2ccncc2)[C@@H](O)C1. The van der Waals surface area contributed by atoms with Crippen LogP contribution in [-0.4, -0.2) is 64.0 Å². The Morgan fingerprint density at radius 3 is 2.79 bits per heavy atom. The lowest BCUT2D eigenvalue weighted by Crippen LogP contribution is -2.31. The van der Waals surface area contributed by atoms with Crippen LogP contribution in [0.3, 0.4) is 0 Å². The van der Waals surface area contributed by atoms with E-state index in [4.69, 9.17) is 0 Å². The topological polar surface area (TPSA) is 73.7 Å². The van der Waals surface area contributed by atoms with E-state index in [2.05, 4.69) is 4.98 Å². The molecule has 6 heteroatoms. The predicted octanol–water partition coefficient (Wildman–Crippen LogP) is 0.846. The molecule has 0 unspecified atom stereocenters. The van der Waals surface area contributed by atoms with Crippen LogP contribution < -0.4 is 0 Å². The van der Waals surface area contributed by atoms with E-state index in [0.29, 0.717) is 38.9 Å². The summed E-state index contributed by atoms with van der Waals surface area (Å²) in [6.45, 7) is 2.51. The number of rotatable bonds is 6. The average molecular weight is 331 g/mol. The number of carbonyl (C=O) groups excluding carboxylic acids is 2. The van der Waals surface area contributed by atoms with Gasteiger partial charge in [-0.1, -0.05) is 0 Å². The molecule has 0 spiro atoms. The lowest BCUT2D eigenvalue weighted by Gasteiger charge is -2.18. The first kappa shape index (κ1) is 16.9. The average Bonchev–Trinajstić information content (AvgIpc) is 3.15. The number of hydrogen-bond donors (Lipinski definition) is 1. The molecule has 1 N–H and O–H groups in total. The van der Waals surface area contributed by atoms with E-state index < -0.39 is 6.10 Å². The Morgan fingerprint density at radius 1 is 1.29 bits per heavy atom. The Morgan fingerprint density at radius 2 is 2.08 bits per heavy atom. The highest BCUT2D eigenvalue weighted by atomic mass is 16.3. The molecule has 2 saturated heterocycles. The highest BCUT2D eigenvalue weighted by molar-refractivity contribution is 5.78. The zero-order valence-corrected chi connectivity index (χ0v) is 13.9. The van der Waals surface area contributed by atoms with Crippen molar-refractivity contribution in [2.24, 2.45) is 5.92 Å². The molecule has 0 bridgehead atoms. The van der Waals surface area contributed by atoms with Crippen molar-refractivity contribution in [3.63, 3.8) is 0 Å². The van der Waals surface area contributed by atoms with E-state index >= 15 is 0 Å². The molecule has 1 aromatic rings. The molecule has 0 radical (unpaired) electrons. The Balaban J connectivity index is 1.43. The molecule has 2 aliphatic rings. The summed E-state index contributed by atoms with van der Waals surface area (Å²) in [7, 11) is 0. The summed E-state index contributed by atoms with van der Waals surface area (Å²) in [5.74, 6) is 0.367. The number of pyridine rings is 1. The molecule has 24 heavy (non-hydrogen) atoms. The molecule has 2 fully saturated rings. The predicted molar refractivity (Wildman–Crippen MR) is 89.1 cm³/mol. The Kier molecular flexibility index (Phi) is 5.45. The minimum Gasteiger partial charge on any atom is -0.391 e. The summed E-state index contributed by atoms with van der Waals surface area (Å²) in [5.41, 5.74) is 1.14. The number of aliphatic hydroxyl groups is 1. The van der Waals surface area contributed by atoms with Gasteiger partial charge >= 0.3 is 0 Å². The Hall–Kier alpha value is -1.95. The first-order chi connectivity index (χ1) is 11.6. The second-order valence-corrected chi connectivity index (χ2v) is 6.77. The maximum atomic E-state index is 12.3. The van der Waals surface area contributed by atoms with Gasteiger partial charge in [0.2, 0.25) is 11.8 Å². The van der Waals surface area contributed by atoms with Crippen molar-refractivity contribution in [3.8, 4) is 0 Å². The van der Waals surface area contributed by atoms with Crippen LogP contribution in [0.4, 0.5) is 0 Å². The number of nitrogens with zero attached hydrogens (tertiary/aromatic N) is 3. The van der Waals surface area contributed by atoms with E-state index in [9.17, 15) is 14.7 Å². The molecule has 6 nitrogen and oxygen atoms in total. The van der Waals surface area contributed by atoms with Gasteiger partial charge in [-0.2, -0.15) is 0 Å². The lowest BCUT2D eigenvalue weighted by atomic mass is 9.97. The van der Waals surface area contributed by atoms with Crippen molar-refractivity contribution in [1.82, 2.24) is 14.8 Å². The number of aliphatic hydroxyl groups excluding tert-OH is 1. The molecular weight excluding hydrogens is 306 g/mol. The van der Waals surface area contributed by atoms with Gasteiger partial charge in [0.1, 0.15) is 0 Å². The van der Waals surface area contributed by atoms with Gasteiger partial charge in [0.05, 0.1) is 6.10 Å². The van der Waals surface area contributed by atoms with Gasteiger partial charge in [-0.25, -0.2) is 0 Å². The van der Waals surface area contributed by atoms with Crippen molar-refractivity contribution in [3.05, 3.63) is 30.1 Å². The zero-order valence-electron chi connectivity index (χ0n) is 13.9. The first-order valence-electron chi connectivity index (χ1n) is 8.76. The number of amides is 2. The molecule has 2 atom stereocenters. The first-order valence-corrected chi connectivity index (χ1v) is 8.76. The van der Waals surface area contributed by atoms with Crippen LogP contribution in [0.2, 0.25) is 0 Å². The van der Waals surface area contributed by atoms with E-state index in [1.165, 1.54) is 0 Å². The van der Waals surface area contributed by atoms with Crippen molar-refractivity contribution >= 4 is 11.8 Å². The van der Waals surface area contributed by atoms with Gasteiger partial charge in [0, 0.05) is 57.3 Å². The molecule has 1 aromatic heterocycles. The Bertz CT molecular complexity index is 578. The maximum absolute atomic E-state index is 12.3. The smallest absolute Gasteiger partial charge is 0.222 e. The third-order valence-electron chi connectivity index (χ3n) is 5.00.